The van der Waals surface area contributed by atoms with Gasteiger partial charge in [-0.15, -0.1) is 0 Å². The summed E-state index contributed by atoms with van der Waals surface area (Å²) in [4.78, 5) is 11.4. The summed E-state index contributed by atoms with van der Waals surface area (Å²) in [5.41, 5.74) is 0. The van der Waals surface area contributed by atoms with E-state index in [-0.39, 0.29) is 5.91 Å². The maximum absolute atomic E-state index is 11.4. The number of carbonyl (C=O) groups is 1. The highest BCUT2D eigenvalue weighted by atomic mass is 16.1. The van der Waals surface area contributed by atoms with Crippen LogP contribution in [-0.4, -0.2) is 12.5 Å². The minimum atomic E-state index is -0.00781. The third-order valence-corrected chi connectivity index (χ3v) is 3.31. The molecular weight excluding hydrogens is 270 g/mol. The summed E-state index contributed by atoms with van der Waals surface area (Å²) >= 11 is 0. The fourth-order valence-electron chi connectivity index (χ4n) is 1.95. The molecule has 2 heteroatoms. The molecule has 1 N–H and O–H groups in total. The SMILES string of the molecule is CCCCC/C=C\CCCC/C=C/C=C/C(=O)NCC(C)C. The average molecular weight is 306 g/mol. The van der Waals surface area contributed by atoms with Crippen molar-refractivity contribution in [1.29, 1.82) is 0 Å². The van der Waals surface area contributed by atoms with Crippen molar-refractivity contribution in [3.8, 4) is 0 Å². The van der Waals surface area contributed by atoms with Gasteiger partial charge < -0.3 is 5.32 Å². The van der Waals surface area contributed by atoms with E-state index in [2.05, 4.69) is 44.3 Å². The van der Waals surface area contributed by atoms with Crippen LogP contribution in [0.25, 0.3) is 0 Å². The van der Waals surface area contributed by atoms with E-state index in [1.807, 2.05) is 12.2 Å². The van der Waals surface area contributed by atoms with Crippen LogP contribution < -0.4 is 5.32 Å². The summed E-state index contributed by atoms with van der Waals surface area (Å²) in [5, 5.41) is 2.86. The van der Waals surface area contributed by atoms with Crippen LogP contribution in [0.5, 0.6) is 0 Å². The van der Waals surface area contributed by atoms with Crippen molar-refractivity contribution in [3.63, 3.8) is 0 Å². The van der Waals surface area contributed by atoms with E-state index in [0.717, 1.165) is 13.0 Å². The van der Waals surface area contributed by atoms with Crippen molar-refractivity contribution >= 4 is 5.91 Å². The normalized spacial score (nSPS) is 12.2. The van der Waals surface area contributed by atoms with Gasteiger partial charge in [0.05, 0.1) is 0 Å². The second-order valence-electron chi connectivity index (χ2n) is 6.18. The van der Waals surface area contributed by atoms with Gasteiger partial charge in [-0.25, -0.2) is 0 Å². The number of rotatable bonds is 13. The van der Waals surface area contributed by atoms with E-state index in [0.29, 0.717) is 5.92 Å². The fraction of sp³-hybridized carbons (Fsp3) is 0.650. The van der Waals surface area contributed by atoms with Crippen molar-refractivity contribution in [2.24, 2.45) is 5.92 Å². The average Bonchev–Trinajstić information content (AvgIpc) is 2.49. The molecule has 0 bridgehead atoms. The molecule has 126 valence electrons. The van der Waals surface area contributed by atoms with Gasteiger partial charge in [0.15, 0.2) is 0 Å². The fourth-order valence-corrected chi connectivity index (χ4v) is 1.95. The number of hydrogen-bond donors (Lipinski definition) is 1. The van der Waals surface area contributed by atoms with Crippen LogP contribution in [0.2, 0.25) is 0 Å². The highest BCUT2D eigenvalue weighted by Gasteiger charge is 1.95. The first-order valence-corrected chi connectivity index (χ1v) is 8.92. The molecule has 1 amide bonds. The number of unbranched alkanes of at least 4 members (excludes halogenated alkanes) is 6. The molecule has 0 unspecified atom stereocenters. The molecule has 0 spiro atoms. The van der Waals surface area contributed by atoms with Crippen LogP contribution in [0.4, 0.5) is 0 Å². The standard InChI is InChI=1S/C20H35NO/c1-4-5-6-7-8-9-10-11-12-13-14-15-16-17-20(22)21-18-19(2)3/h8-9,14-17,19H,4-7,10-13,18H2,1-3H3,(H,21,22)/b9-8-,15-14+,17-16+. The predicted molar refractivity (Wildman–Crippen MR) is 97.9 cm³/mol. The van der Waals surface area contributed by atoms with E-state index < -0.39 is 0 Å². The van der Waals surface area contributed by atoms with Gasteiger partial charge in [0.1, 0.15) is 0 Å². The van der Waals surface area contributed by atoms with Gasteiger partial charge in [0.25, 0.3) is 0 Å². The summed E-state index contributed by atoms with van der Waals surface area (Å²) in [7, 11) is 0. The Hall–Kier alpha value is -1.31. The molecule has 0 radical (unpaired) electrons. The van der Waals surface area contributed by atoms with Crippen molar-refractivity contribution in [1.82, 2.24) is 5.32 Å². The van der Waals surface area contributed by atoms with E-state index in [1.165, 1.54) is 44.9 Å². The van der Waals surface area contributed by atoms with Crippen LogP contribution in [0.15, 0.2) is 36.5 Å². The third-order valence-electron chi connectivity index (χ3n) is 3.31. The maximum atomic E-state index is 11.4. The number of allylic oxidation sites excluding steroid dienone is 5. The van der Waals surface area contributed by atoms with E-state index >= 15 is 0 Å². The lowest BCUT2D eigenvalue weighted by atomic mass is 10.1. The van der Waals surface area contributed by atoms with Crippen LogP contribution in [0.1, 0.15) is 72.1 Å². The molecule has 0 aromatic rings. The smallest absolute Gasteiger partial charge is 0.243 e. The monoisotopic (exact) mass is 305 g/mol. The molecule has 2 nitrogen and oxygen atoms in total. The molecule has 22 heavy (non-hydrogen) atoms. The summed E-state index contributed by atoms with van der Waals surface area (Å²) in [6.45, 7) is 7.15. The lowest BCUT2D eigenvalue weighted by Crippen LogP contribution is -2.25. The topological polar surface area (TPSA) is 29.1 Å². The Morgan fingerprint density at radius 1 is 0.909 bits per heavy atom. The molecular formula is C20H35NO. The summed E-state index contributed by atoms with van der Waals surface area (Å²) < 4.78 is 0. The maximum Gasteiger partial charge on any atom is 0.243 e. The molecule has 0 saturated carbocycles. The minimum absolute atomic E-state index is 0.00781. The number of amides is 1. The molecule has 0 aliphatic rings. The van der Waals surface area contributed by atoms with Crippen LogP contribution in [0, 0.1) is 5.92 Å². The van der Waals surface area contributed by atoms with E-state index in [1.54, 1.807) is 6.08 Å². The highest BCUT2D eigenvalue weighted by Crippen LogP contribution is 2.04. The molecule has 0 atom stereocenters. The summed E-state index contributed by atoms with van der Waals surface area (Å²) in [6.07, 6.45) is 22.1. The Morgan fingerprint density at radius 2 is 1.50 bits per heavy atom. The van der Waals surface area contributed by atoms with Crippen molar-refractivity contribution in [2.75, 3.05) is 6.54 Å². The van der Waals surface area contributed by atoms with Gasteiger partial charge in [-0.05, 0) is 44.4 Å². The molecule has 0 saturated heterocycles. The molecule has 0 aromatic heterocycles. The van der Waals surface area contributed by atoms with Gasteiger partial charge in [0.2, 0.25) is 5.91 Å². The number of hydrogen-bond acceptors (Lipinski definition) is 1. The molecule has 0 aromatic carbocycles. The Morgan fingerprint density at radius 3 is 2.09 bits per heavy atom. The molecule has 0 aliphatic heterocycles. The van der Waals surface area contributed by atoms with Crippen LogP contribution in [0.3, 0.4) is 0 Å². The molecule has 0 fully saturated rings. The molecule has 0 heterocycles. The Kier molecular flexibility index (Phi) is 15.1. The van der Waals surface area contributed by atoms with Crippen molar-refractivity contribution < 1.29 is 4.79 Å². The zero-order chi connectivity index (χ0) is 16.5. The minimum Gasteiger partial charge on any atom is -0.352 e. The van der Waals surface area contributed by atoms with Gasteiger partial charge in [-0.3, -0.25) is 4.79 Å². The second-order valence-corrected chi connectivity index (χ2v) is 6.18. The number of carbonyl (C=O) groups excluding carboxylic acids is 1. The zero-order valence-electron chi connectivity index (χ0n) is 14.8. The highest BCUT2D eigenvalue weighted by molar-refractivity contribution is 5.87. The van der Waals surface area contributed by atoms with Crippen LogP contribution >= 0.6 is 0 Å². The first-order valence-electron chi connectivity index (χ1n) is 8.92. The third kappa shape index (κ3) is 16.7. The predicted octanol–water partition coefficient (Wildman–Crippen LogP) is 5.57. The number of nitrogens with one attached hydrogen (secondary N) is 1. The molecule has 0 aliphatic carbocycles. The lowest BCUT2D eigenvalue weighted by Gasteiger charge is -2.03. The van der Waals surface area contributed by atoms with Crippen molar-refractivity contribution in [2.45, 2.75) is 72.1 Å². The zero-order valence-corrected chi connectivity index (χ0v) is 14.8. The quantitative estimate of drug-likeness (QED) is 0.205. The van der Waals surface area contributed by atoms with Gasteiger partial charge >= 0.3 is 0 Å². The summed E-state index contributed by atoms with van der Waals surface area (Å²) in [5.74, 6) is 0.486. The second kappa shape index (κ2) is 16.1. The Balaban J connectivity index is 3.45. The first-order chi connectivity index (χ1) is 10.7. The lowest BCUT2D eigenvalue weighted by molar-refractivity contribution is -0.116. The van der Waals surface area contributed by atoms with Gasteiger partial charge in [-0.2, -0.15) is 0 Å². The van der Waals surface area contributed by atoms with Gasteiger partial charge in [0, 0.05) is 12.6 Å². The molecule has 0 rings (SSSR count). The Bertz CT molecular complexity index is 340. The van der Waals surface area contributed by atoms with E-state index in [4.69, 9.17) is 0 Å². The van der Waals surface area contributed by atoms with Crippen LogP contribution in [-0.2, 0) is 4.79 Å². The largest absolute Gasteiger partial charge is 0.352 e. The van der Waals surface area contributed by atoms with E-state index in [9.17, 15) is 4.79 Å². The first kappa shape index (κ1) is 20.7. The summed E-state index contributed by atoms with van der Waals surface area (Å²) in [6, 6.07) is 0. The Labute approximate surface area is 137 Å². The van der Waals surface area contributed by atoms with Crippen molar-refractivity contribution in [3.05, 3.63) is 36.5 Å². The van der Waals surface area contributed by atoms with Gasteiger partial charge in [-0.1, -0.05) is 64.0 Å².